The van der Waals surface area contributed by atoms with Gasteiger partial charge >= 0.3 is 0 Å². The van der Waals surface area contributed by atoms with Gasteiger partial charge in [0, 0.05) is 1.43 Å². The molecule has 0 bridgehead atoms. The molecule has 0 heteroatoms. The summed E-state index contributed by atoms with van der Waals surface area (Å²) in [7, 11) is 0. The van der Waals surface area contributed by atoms with Crippen LogP contribution in [0.1, 0.15) is 69.7 Å². The summed E-state index contributed by atoms with van der Waals surface area (Å²) in [5.41, 5.74) is 2.75. The van der Waals surface area contributed by atoms with Crippen LogP contribution in [-0.2, 0) is 0 Å². The topological polar surface area (TPSA) is 0 Å². The predicted octanol–water partition coefficient (Wildman–Crippen LogP) is 6.24. The van der Waals surface area contributed by atoms with E-state index in [4.69, 9.17) is 0 Å². The predicted molar refractivity (Wildman–Crippen MR) is 77.5 cm³/mol. The van der Waals surface area contributed by atoms with Crippen molar-refractivity contribution in [2.75, 3.05) is 0 Å². The lowest BCUT2D eigenvalue weighted by molar-refractivity contribution is 0.720. The second kappa shape index (κ2) is 15.9. The summed E-state index contributed by atoms with van der Waals surface area (Å²) in [4.78, 5) is 0. The molecule has 0 aromatic heterocycles. The SMILES string of the molecule is C=C(C)C(/C=C(\C)CC)CC.CC.CC.[HH]. The highest BCUT2D eigenvalue weighted by atomic mass is 14.1. The van der Waals surface area contributed by atoms with Crippen molar-refractivity contribution in [3.8, 4) is 0 Å². The van der Waals surface area contributed by atoms with Crippen LogP contribution in [0, 0.1) is 5.92 Å². The monoisotopic (exact) mass is 214 g/mol. The Morgan fingerprint density at radius 2 is 1.53 bits per heavy atom. The van der Waals surface area contributed by atoms with Gasteiger partial charge in [0.2, 0.25) is 0 Å². The van der Waals surface area contributed by atoms with Crippen molar-refractivity contribution in [1.82, 2.24) is 0 Å². The lowest BCUT2D eigenvalue weighted by Gasteiger charge is -2.10. The molecule has 0 aromatic carbocycles. The van der Waals surface area contributed by atoms with Crippen molar-refractivity contribution >= 4 is 0 Å². The van der Waals surface area contributed by atoms with Gasteiger partial charge in [-0.25, -0.2) is 0 Å². The molecular weight excluding hydrogens is 180 g/mol. The second-order valence-corrected chi connectivity index (χ2v) is 3.23. The van der Waals surface area contributed by atoms with Crippen LogP contribution in [0.4, 0.5) is 0 Å². The van der Waals surface area contributed by atoms with Crippen LogP contribution in [-0.4, -0.2) is 0 Å². The van der Waals surface area contributed by atoms with Crippen LogP contribution in [0.15, 0.2) is 23.8 Å². The molecule has 0 spiro atoms. The molecule has 0 heterocycles. The second-order valence-electron chi connectivity index (χ2n) is 3.23. The minimum absolute atomic E-state index is 0. The molecule has 0 saturated heterocycles. The molecule has 0 aliphatic carbocycles. The number of hydrogen-bond acceptors (Lipinski definition) is 0. The van der Waals surface area contributed by atoms with E-state index < -0.39 is 0 Å². The Hall–Kier alpha value is -0.520. The lowest BCUT2D eigenvalue weighted by atomic mass is 9.96. The molecule has 0 rings (SSSR count). The van der Waals surface area contributed by atoms with E-state index in [2.05, 4.69) is 40.3 Å². The van der Waals surface area contributed by atoms with Crippen LogP contribution >= 0.6 is 0 Å². The van der Waals surface area contributed by atoms with Gasteiger partial charge in [0.15, 0.2) is 0 Å². The summed E-state index contributed by atoms with van der Waals surface area (Å²) in [6.07, 6.45) is 4.67. The molecular formula is C15H34. The first kappa shape index (κ1) is 20.0. The van der Waals surface area contributed by atoms with Crippen LogP contribution in [0.5, 0.6) is 0 Å². The largest absolute Gasteiger partial charge is 0.0995 e. The lowest BCUT2D eigenvalue weighted by Crippen LogP contribution is -1.95. The standard InChI is InChI=1S/C11H20.2C2H6.H2/c1-6-10(5)8-11(7-2)9(3)4;2*1-2;/h8,11H,3,6-7H2,1-2,4-5H3;2*1-2H3;1H/b10-8+;;;. The van der Waals surface area contributed by atoms with Crippen molar-refractivity contribution in [3.05, 3.63) is 23.8 Å². The van der Waals surface area contributed by atoms with Crippen molar-refractivity contribution in [2.45, 2.75) is 68.2 Å². The third-order valence-corrected chi connectivity index (χ3v) is 2.12. The van der Waals surface area contributed by atoms with Gasteiger partial charge in [-0.15, -0.1) is 0 Å². The van der Waals surface area contributed by atoms with Gasteiger partial charge in [0.25, 0.3) is 0 Å². The minimum atomic E-state index is 0. The van der Waals surface area contributed by atoms with Crippen LogP contribution in [0.25, 0.3) is 0 Å². The van der Waals surface area contributed by atoms with Crippen molar-refractivity contribution in [1.29, 1.82) is 0 Å². The van der Waals surface area contributed by atoms with E-state index in [1.807, 2.05) is 27.7 Å². The highest BCUT2D eigenvalue weighted by molar-refractivity contribution is 5.11. The maximum Gasteiger partial charge on any atom is 0 e. The van der Waals surface area contributed by atoms with Gasteiger partial charge in [-0.3, -0.25) is 0 Å². The summed E-state index contributed by atoms with van der Waals surface area (Å²) >= 11 is 0. The average Bonchev–Trinajstić information content (AvgIpc) is 2.30. The van der Waals surface area contributed by atoms with Gasteiger partial charge in [-0.2, -0.15) is 0 Å². The normalized spacial score (nSPS) is 11.6. The number of allylic oxidation sites excluding steroid dienone is 3. The molecule has 0 aliphatic rings. The molecule has 15 heavy (non-hydrogen) atoms. The van der Waals surface area contributed by atoms with Crippen LogP contribution in [0.3, 0.4) is 0 Å². The summed E-state index contributed by atoms with van der Waals surface area (Å²) < 4.78 is 0. The average molecular weight is 214 g/mol. The Labute approximate surface area is 100.0 Å². The van der Waals surface area contributed by atoms with Gasteiger partial charge in [-0.05, 0) is 32.6 Å². The van der Waals surface area contributed by atoms with Gasteiger partial charge < -0.3 is 0 Å². The Morgan fingerprint density at radius 1 is 1.13 bits per heavy atom. The fourth-order valence-electron chi connectivity index (χ4n) is 1.07. The van der Waals surface area contributed by atoms with Crippen LogP contribution in [0.2, 0.25) is 0 Å². The van der Waals surface area contributed by atoms with Gasteiger partial charge in [0.05, 0.1) is 0 Å². The van der Waals surface area contributed by atoms with Crippen molar-refractivity contribution < 1.29 is 1.43 Å². The highest BCUT2D eigenvalue weighted by Gasteiger charge is 2.01. The van der Waals surface area contributed by atoms with E-state index >= 15 is 0 Å². The third-order valence-electron chi connectivity index (χ3n) is 2.12. The molecule has 94 valence electrons. The molecule has 0 amide bonds. The molecule has 0 fully saturated rings. The van der Waals surface area contributed by atoms with Crippen molar-refractivity contribution in [3.63, 3.8) is 0 Å². The first-order valence-electron chi connectivity index (χ1n) is 6.44. The molecule has 1 unspecified atom stereocenters. The summed E-state index contributed by atoms with van der Waals surface area (Å²) in [6.45, 7) is 20.7. The van der Waals surface area contributed by atoms with Gasteiger partial charge in [-0.1, -0.05) is 65.3 Å². The maximum absolute atomic E-state index is 3.97. The third kappa shape index (κ3) is 13.5. The zero-order valence-corrected chi connectivity index (χ0v) is 12.3. The van der Waals surface area contributed by atoms with Gasteiger partial charge in [0.1, 0.15) is 0 Å². The molecule has 0 N–H and O–H groups in total. The number of rotatable bonds is 4. The fourth-order valence-corrected chi connectivity index (χ4v) is 1.07. The van der Waals surface area contributed by atoms with E-state index in [9.17, 15) is 0 Å². The summed E-state index contributed by atoms with van der Waals surface area (Å²) in [5.74, 6) is 0.593. The van der Waals surface area contributed by atoms with Crippen molar-refractivity contribution in [2.24, 2.45) is 5.92 Å². The quantitative estimate of drug-likeness (QED) is 0.486. The molecule has 0 nitrogen and oxygen atoms in total. The molecule has 0 aromatic rings. The number of hydrogen-bond donors (Lipinski definition) is 0. The Kier molecular flexibility index (Phi) is 21.2. The smallest absolute Gasteiger partial charge is 0 e. The zero-order chi connectivity index (χ0) is 12.9. The molecule has 0 saturated carbocycles. The van der Waals surface area contributed by atoms with E-state index in [-0.39, 0.29) is 1.43 Å². The Morgan fingerprint density at radius 3 is 1.73 bits per heavy atom. The molecule has 0 radical (unpaired) electrons. The highest BCUT2D eigenvalue weighted by Crippen LogP contribution is 2.17. The fraction of sp³-hybridized carbons (Fsp3) is 0.733. The molecule has 1 atom stereocenters. The zero-order valence-electron chi connectivity index (χ0n) is 12.3. The Bertz CT molecular complexity index is 157. The first-order valence-corrected chi connectivity index (χ1v) is 6.44. The van der Waals surface area contributed by atoms with E-state index in [0.29, 0.717) is 5.92 Å². The van der Waals surface area contributed by atoms with E-state index in [1.165, 1.54) is 17.6 Å². The van der Waals surface area contributed by atoms with E-state index in [0.717, 1.165) is 6.42 Å². The van der Waals surface area contributed by atoms with E-state index in [1.54, 1.807) is 0 Å². The Balaban J connectivity index is -0.000000129. The summed E-state index contributed by atoms with van der Waals surface area (Å²) in [5, 5.41) is 0. The maximum atomic E-state index is 3.97. The molecule has 0 aliphatic heterocycles. The van der Waals surface area contributed by atoms with Crippen LogP contribution < -0.4 is 0 Å². The minimum Gasteiger partial charge on any atom is -0.0995 e. The first-order chi connectivity index (χ1) is 7.11. The summed E-state index contributed by atoms with van der Waals surface area (Å²) in [6, 6.07) is 0.